The Bertz CT molecular complexity index is 628. The third-order valence-electron chi connectivity index (χ3n) is 3.86. The SMILES string of the molecule is CCCN(C1CCNC1)S(=O)(=O)c1ccc(C(=O)OCC)cc1.Cl. The predicted octanol–water partition coefficient (Wildman–Crippen LogP) is 2.05. The van der Waals surface area contributed by atoms with Crippen molar-refractivity contribution >= 4 is 28.4 Å². The number of nitrogens with one attached hydrogen (secondary N) is 1. The maximum Gasteiger partial charge on any atom is 0.338 e. The van der Waals surface area contributed by atoms with E-state index in [0.29, 0.717) is 18.7 Å². The van der Waals surface area contributed by atoms with Gasteiger partial charge in [-0.3, -0.25) is 0 Å². The van der Waals surface area contributed by atoms with Crippen molar-refractivity contribution in [2.45, 2.75) is 37.6 Å². The largest absolute Gasteiger partial charge is 0.462 e. The summed E-state index contributed by atoms with van der Waals surface area (Å²) < 4.78 is 32.3. The molecule has 1 atom stereocenters. The van der Waals surface area contributed by atoms with Crippen LogP contribution in [-0.4, -0.2) is 51.0 Å². The molecule has 0 amide bonds. The van der Waals surface area contributed by atoms with Gasteiger partial charge in [0.15, 0.2) is 0 Å². The highest BCUT2D eigenvalue weighted by Gasteiger charge is 2.32. The van der Waals surface area contributed by atoms with Crippen LogP contribution in [0.3, 0.4) is 0 Å². The van der Waals surface area contributed by atoms with Gasteiger partial charge in [0, 0.05) is 19.1 Å². The van der Waals surface area contributed by atoms with Crippen LogP contribution in [-0.2, 0) is 14.8 Å². The number of carbonyl (C=O) groups excluding carboxylic acids is 1. The second-order valence-electron chi connectivity index (χ2n) is 5.51. The minimum Gasteiger partial charge on any atom is -0.462 e. The van der Waals surface area contributed by atoms with Gasteiger partial charge in [-0.25, -0.2) is 13.2 Å². The fourth-order valence-electron chi connectivity index (χ4n) is 2.72. The summed E-state index contributed by atoms with van der Waals surface area (Å²) in [7, 11) is -3.56. The van der Waals surface area contributed by atoms with Crippen LogP contribution in [0.25, 0.3) is 0 Å². The molecule has 1 saturated heterocycles. The molecule has 1 unspecified atom stereocenters. The summed E-state index contributed by atoms with van der Waals surface area (Å²) in [6, 6.07) is 5.95. The van der Waals surface area contributed by atoms with Gasteiger partial charge < -0.3 is 10.1 Å². The Kier molecular flexibility index (Phi) is 8.15. The molecule has 1 N–H and O–H groups in total. The molecule has 8 heteroatoms. The topological polar surface area (TPSA) is 75.7 Å². The highest BCUT2D eigenvalue weighted by molar-refractivity contribution is 7.89. The summed E-state index contributed by atoms with van der Waals surface area (Å²) in [5.74, 6) is -0.443. The van der Waals surface area contributed by atoms with Crippen LogP contribution in [0, 0.1) is 0 Å². The average molecular weight is 377 g/mol. The molecule has 1 fully saturated rings. The van der Waals surface area contributed by atoms with Crippen molar-refractivity contribution in [3.63, 3.8) is 0 Å². The smallest absolute Gasteiger partial charge is 0.338 e. The van der Waals surface area contributed by atoms with Gasteiger partial charge in [0.05, 0.1) is 17.1 Å². The maximum atomic E-state index is 12.9. The number of hydrogen-bond donors (Lipinski definition) is 1. The van der Waals surface area contributed by atoms with Gasteiger partial charge in [0.1, 0.15) is 0 Å². The highest BCUT2D eigenvalue weighted by Crippen LogP contribution is 2.22. The van der Waals surface area contributed by atoms with E-state index in [-0.39, 0.29) is 30.0 Å². The molecule has 2 rings (SSSR count). The van der Waals surface area contributed by atoms with Crippen molar-refractivity contribution in [1.82, 2.24) is 9.62 Å². The van der Waals surface area contributed by atoms with E-state index in [1.165, 1.54) is 24.3 Å². The Hall–Kier alpha value is -1.15. The monoisotopic (exact) mass is 376 g/mol. The van der Waals surface area contributed by atoms with E-state index in [9.17, 15) is 13.2 Å². The number of nitrogens with zero attached hydrogens (tertiary/aromatic N) is 1. The summed E-state index contributed by atoms with van der Waals surface area (Å²) in [6.07, 6.45) is 1.58. The summed E-state index contributed by atoms with van der Waals surface area (Å²) in [4.78, 5) is 11.9. The Morgan fingerprint density at radius 2 is 1.96 bits per heavy atom. The third-order valence-corrected chi connectivity index (χ3v) is 5.82. The van der Waals surface area contributed by atoms with Crippen LogP contribution in [0.15, 0.2) is 29.2 Å². The molecule has 1 aromatic rings. The van der Waals surface area contributed by atoms with Gasteiger partial charge in [-0.05, 0) is 50.6 Å². The zero-order valence-electron chi connectivity index (χ0n) is 14.0. The fourth-order valence-corrected chi connectivity index (χ4v) is 4.46. The van der Waals surface area contributed by atoms with E-state index in [4.69, 9.17) is 4.74 Å². The van der Waals surface area contributed by atoms with E-state index in [1.54, 1.807) is 11.2 Å². The second kappa shape index (κ2) is 9.36. The van der Waals surface area contributed by atoms with Gasteiger partial charge in [-0.15, -0.1) is 12.4 Å². The normalized spacial score (nSPS) is 17.5. The maximum absolute atomic E-state index is 12.9. The molecule has 1 aromatic carbocycles. The lowest BCUT2D eigenvalue weighted by Gasteiger charge is -2.27. The number of sulfonamides is 1. The van der Waals surface area contributed by atoms with E-state index < -0.39 is 16.0 Å². The molecule has 1 aliphatic heterocycles. The number of carbonyl (C=O) groups is 1. The van der Waals surface area contributed by atoms with Crippen molar-refractivity contribution < 1.29 is 17.9 Å². The zero-order chi connectivity index (χ0) is 16.9. The van der Waals surface area contributed by atoms with Crippen LogP contribution >= 0.6 is 12.4 Å². The first-order chi connectivity index (χ1) is 11.0. The first-order valence-corrected chi connectivity index (χ1v) is 9.44. The molecule has 1 heterocycles. The first kappa shape index (κ1) is 20.9. The van der Waals surface area contributed by atoms with E-state index in [0.717, 1.165) is 19.4 Å². The number of benzene rings is 1. The summed E-state index contributed by atoms with van der Waals surface area (Å²) >= 11 is 0. The molecule has 0 radical (unpaired) electrons. The van der Waals surface area contributed by atoms with Crippen molar-refractivity contribution in [3.05, 3.63) is 29.8 Å². The number of rotatable bonds is 7. The van der Waals surface area contributed by atoms with Gasteiger partial charge in [-0.2, -0.15) is 4.31 Å². The van der Waals surface area contributed by atoms with Crippen LogP contribution < -0.4 is 5.32 Å². The van der Waals surface area contributed by atoms with Gasteiger partial charge in [-0.1, -0.05) is 6.92 Å². The minimum absolute atomic E-state index is 0. The molecular weight excluding hydrogens is 352 g/mol. The molecule has 0 bridgehead atoms. The molecule has 24 heavy (non-hydrogen) atoms. The van der Waals surface area contributed by atoms with E-state index in [2.05, 4.69) is 5.32 Å². The predicted molar refractivity (Wildman–Crippen MR) is 95.1 cm³/mol. The van der Waals surface area contributed by atoms with Crippen molar-refractivity contribution in [1.29, 1.82) is 0 Å². The Morgan fingerprint density at radius 3 is 2.46 bits per heavy atom. The molecule has 0 saturated carbocycles. The number of esters is 1. The minimum atomic E-state index is -3.56. The van der Waals surface area contributed by atoms with Crippen LogP contribution in [0.2, 0.25) is 0 Å². The number of hydrogen-bond acceptors (Lipinski definition) is 5. The van der Waals surface area contributed by atoms with Crippen LogP contribution in [0.5, 0.6) is 0 Å². The lowest BCUT2D eigenvalue weighted by atomic mass is 10.2. The molecule has 0 aromatic heterocycles. The standard InChI is InChI=1S/C16H24N2O4S.ClH/c1-3-11-18(14-9-10-17-12-14)23(20,21)15-7-5-13(6-8-15)16(19)22-4-2;/h5-8,14,17H,3-4,9-12H2,1-2H3;1H. The van der Waals surface area contributed by atoms with Crippen LogP contribution in [0.4, 0.5) is 0 Å². The third kappa shape index (κ3) is 4.69. The lowest BCUT2D eigenvalue weighted by Crippen LogP contribution is -2.42. The Balaban J connectivity index is 0.00000288. The highest BCUT2D eigenvalue weighted by atomic mass is 35.5. The summed E-state index contributed by atoms with van der Waals surface area (Å²) in [5.41, 5.74) is 0.357. The lowest BCUT2D eigenvalue weighted by molar-refractivity contribution is 0.0526. The van der Waals surface area contributed by atoms with Crippen molar-refractivity contribution in [2.75, 3.05) is 26.2 Å². The van der Waals surface area contributed by atoms with Crippen molar-refractivity contribution in [3.8, 4) is 0 Å². The van der Waals surface area contributed by atoms with Gasteiger partial charge in [0.25, 0.3) is 0 Å². The van der Waals surface area contributed by atoms with Crippen LogP contribution in [0.1, 0.15) is 37.0 Å². The zero-order valence-corrected chi connectivity index (χ0v) is 15.7. The van der Waals surface area contributed by atoms with Gasteiger partial charge >= 0.3 is 5.97 Å². The Morgan fingerprint density at radius 1 is 1.29 bits per heavy atom. The van der Waals surface area contributed by atoms with E-state index >= 15 is 0 Å². The van der Waals surface area contributed by atoms with Crippen molar-refractivity contribution in [2.24, 2.45) is 0 Å². The average Bonchev–Trinajstić information content (AvgIpc) is 3.06. The van der Waals surface area contributed by atoms with Gasteiger partial charge in [0.2, 0.25) is 10.0 Å². The number of halogens is 1. The molecule has 136 valence electrons. The number of ether oxygens (including phenoxy) is 1. The molecule has 0 spiro atoms. The molecule has 1 aliphatic rings. The molecule has 0 aliphatic carbocycles. The summed E-state index contributed by atoms with van der Waals surface area (Å²) in [5, 5.41) is 3.21. The fraction of sp³-hybridized carbons (Fsp3) is 0.562. The molecule has 6 nitrogen and oxygen atoms in total. The Labute approximate surface area is 150 Å². The first-order valence-electron chi connectivity index (χ1n) is 8.00. The van der Waals surface area contributed by atoms with E-state index in [1.807, 2.05) is 6.92 Å². The molecular formula is C16H25ClN2O4S. The quantitative estimate of drug-likeness (QED) is 0.737. The summed E-state index contributed by atoms with van der Waals surface area (Å²) in [6.45, 7) is 6.00. The second-order valence-corrected chi connectivity index (χ2v) is 7.40.